The Morgan fingerprint density at radius 1 is 1.33 bits per heavy atom. The molecule has 0 saturated carbocycles. The molecule has 2 heterocycles. The molecular formula is C14H9N3O4. The van der Waals surface area contributed by atoms with Gasteiger partial charge in [-0.05, 0) is 6.07 Å². The highest BCUT2D eigenvalue weighted by Crippen LogP contribution is 2.28. The minimum Gasteiger partial charge on any atom is -0.478 e. The van der Waals surface area contributed by atoms with Crippen LogP contribution >= 0.6 is 0 Å². The number of nitrogens with zero attached hydrogens (tertiary/aromatic N) is 2. The van der Waals surface area contributed by atoms with Crippen LogP contribution in [0.4, 0.5) is 0 Å². The highest BCUT2D eigenvalue weighted by Gasteiger charge is 2.35. The Balaban J connectivity index is 2.13. The zero-order valence-electron chi connectivity index (χ0n) is 10.6. The zero-order chi connectivity index (χ0) is 15.1. The number of carboxylic acid groups (broad SMARTS) is 1. The Morgan fingerprint density at radius 3 is 2.76 bits per heavy atom. The molecule has 7 nitrogen and oxygen atoms in total. The van der Waals surface area contributed by atoms with Crippen LogP contribution in [-0.4, -0.2) is 33.5 Å². The van der Waals surface area contributed by atoms with Crippen molar-refractivity contribution in [3.8, 4) is 0 Å². The number of carbonyl (C=O) groups is 3. The van der Waals surface area contributed by atoms with Crippen molar-refractivity contribution in [2.75, 3.05) is 0 Å². The Kier molecular flexibility index (Phi) is 2.76. The molecule has 3 rings (SSSR count). The standard InChI is InChI=1S/C14H9N3O4/c15-13(19)7-3-6-1-2-8-11(10(6)16-4-7)17-5-9(12(8)18)14(20)21/h1-5,8H,(H2,15,19)(H,20,21). The van der Waals surface area contributed by atoms with Crippen molar-refractivity contribution in [3.63, 3.8) is 0 Å². The summed E-state index contributed by atoms with van der Waals surface area (Å²) in [6.07, 6.45) is 5.50. The van der Waals surface area contributed by atoms with E-state index >= 15 is 0 Å². The molecule has 21 heavy (non-hydrogen) atoms. The smallest absolute Gasteiger partial charge is 0.340 e. The highest BCUT2D eigenvalue weighted by atomic mass is 16.4. The summed E-state index contributed by atoms with van der Waals surface area (Å²) in [6, 6.07) is 1.56. The van der Waals surface area contributed by atoms with Crippen molar-refractivity contribution in [1.82, 2.24) is 4.98 Å². The molecule has 1 aromatic rings. The molecule has 1 aromatic heterocycles. The van der Waals surface area contributed by atoms with E-state index in [1.165, 1.54) is 6.20 Å². The molecule has 0 bridgehead atoms. The van der Waals surface area contributed by atoms with Gasteiger partial charge in [0.25, 0.3) is 0 Å². The van der Waals surface area contributed by atoms with Crippen LogP contribution in [0.15, 0.2) is 35.1 Å². The normalized spacial score (nSPS) is 19.2. The summed E-state index contributed by atoms with van der Waals surface area (Å²) in [5.41, 5.74) is 6.52. The molecule has 0 aromatic carbocycles. The highest BCUT2D eigenvalue weighted by molar-refractivity contribution is 6.29. The fraction of sp³-hybridized carbons (Fsp3) is 0.0714. The summed E-state index contributed by atoms with van der Waals surface area (Å²) in [6.45, 7) is 0. The predicted octanol–water partition coefficient (Wildman–Crippen LogP) is 0.164. The minimum absolute atomic E-state index is 0.251. The van der Waals surface area contributed by atoms with Gasteiger partial charge >= 0.3 is 5.97 Å². The van der Waals surface area contributed by atoms with E-state index in [2.05, 4.69) is 9.98 Å². The van der Waals surface area contributed by atoms with Crippen molar-refractivity contribution in [1.29, 1.82) is 0 Å². The average molecular weight is 283 g/mol. The number of fused-ring (bicyclic) bond motifs is 3. The Bertz CT molecular complexity index is 789. The number of pyridine rings is 1. The number of aliphatic carboxylic acids is 1. The van der Waals surface area contributed by atoms with E-state index in [0.29, 0.717) is 17.0 Å². The first-order chi connectivity index (χ1) is 9.99. The van der Waals surface area contributed by atoms with Gasteiger partial charge in [-0.2, -0.15) is 0 Å². The van der Waals surface area contributed by atoms with Crippen molar-refractivity contribution >= 4 is 29.4 Å². The number of allylic oxidation sites excluding steroid dienone is 1. The van der Waals surface area contributed by atoms with E-state index in [1.54, 1.807) is 18.2 Å². The molecule has 0 fully saturated rings. The van der Waals surface area contributed by atoms with Gasteiger partial charge in [0.15, 0.2) is 5.78 Å². The number of primary amides is 1. The monoisotopic (exact) mass is 283 g/mol. The van der Waals surface area contributed by atoms with Crippen molar-refractivity contribution in [2.24, 2.45) is 16.6 Å². The first kappa shape index (κ1) is 12.9. The van der Waals surface area contributed by atoms with Gasteiger partial charge in [-0.25, -0.2) is 4.79 Å². The van der Waals surface area contributed by atoms with Gasteiger partial charge in [0, 0.05) is 18.0 Å². The molecule has 1 unspecified atom stereocenters. The third kappa shape index (κ3) is 1.95. The number of aromatic nitrogens is 1. The number of rotatable bonds is 2. The number of hydrogen-bond acceptors (Lipinski definition) is 5. The van der Waals surface area contributed by atoms with Crippen molar-refractivity contribution < 1.29 is 19.5 Å². The summed E-state index contributed by atoms with van der Waals surface area (Å²) in [4.78, 5) is 42.4. The third-order valence-corrected chi connectivity index (χ3v) is 3.32. The summed E-state index contributed by atoms with van der Waals surface area (Å²) >= 11 is 0. The van der Waals surface area contributed by atoms with Crippen molar-refractivity contribution in [2.45, 2.75) is 0 Å². The quantitative estimate of drug-likeness (QED) is 0.748. The number of amides is 1. The second-order valence-corrected chi connectivity index (χ2v) is 4.59. The van der Waals surface area contributed by atoms with Crippen LogP contribution in [0.25, 0.3) is 6.08 Å². The van der Waals surface area contributed by atoms with Crippen LogP contribution in [0.1, 0.15) is 21.6 Å². The van der Waals surface area contributed by atoms with Crippen LogP contribution in [0, 0.1) is 5.92 Å². The maximum Gasteiger partial charge on any atom is 0.340 e. The molecule has 7 heteroatoms. The lowest BCUT2D eigenvalue weighted by Gasteiger charge is -2.22. The van der Waals surface area contributed by atoms with Gasteiger partial charge in [0.05, 0.1) is 22.9 Å². The zero-order valence-corrected chi connectivity index (χ0v) is 10.6. The largest absolute Gasteiger partial charge is 0.478 e. The fourth-order valence-corrected chi connectivity index (χ4v) is 2.27. The van der Waals surface area contributed by atoms with Gasteiger partial charge in [0.1, 0.15) is 5.57 Å². The molecule has 3 N–H and O–H groups in total. The van der Waals surface area contributed by atoms with Crippen LogP contribution < -0.4 is 5.73 Å². The number of Topliss-reactive ketones (excluding diaryl/α,β-unsaturated/α-hetero) is 1. The number of hydrogen-bond donors (Lipinski definition) is 2. The molecule has 0 radical (unpaired) electrons. The van der Waals surface area contributed by atoms with E-state index in [1.807, 2.05) is 0 Å². The van der Waals surface area contributed by atoms with E-state index in [-0.39, 0.29) is 11.1 Å². The maximum atomic E-state index is 12.1. The lowest BCUT2D eigenvalue weighted by atomic mass is 9.83. The van der Waals surface area contributed by atoms with Gasteiger partial charge in [-0.1, -0.05) is 12.2 Å². The van der Waals surface area contributed by atoms with E-state index < -0.39 is 23.6 Å². The topological polar surface area (TPSA) is 123 Å². The average Bonchev–Trinajstić information content (AvgIpc) is 2.46. The van der Waals surface area contributed by atoms with E-state index in [9.17, 15) is 14.4 Å². The molecule has 1 aliphatic carbocycles. The molecular weight excluding hydrogens is 274 g/mol. The number of aliphatic imine (C=N–C) groups is 1. The molecule has 0 saturated heterocycles. The molecule has 1 amide bonds. The second kappa shape index (κ2) is 4.48. The van der Waals surface area contributed by atoms with Gasteiger partial charge in [0.2, 0.25) is 5.91 Å². The number of ketones is 1. The molecule has 1 aliphatic heterocycles. The lowest BCUT2D eigenvalue weighted by Crippen LogP contribution is -2.32. The first-order valence-corrected chi connectivity index (χ1v) is 6.03. The first-order valence-electron chi connectivity index (χ1n) is 6.03. The molecule has 2 aliphatic rings. The Labute approximate surface area is 118 Å². The maximum absolute atomic E-state index is 12.1. The summed E-state index contributed by atoms with van der Waals surface area (Å²) < 4.78 is 0. The molecule has 104 valence electrons. The van der Waals surface area contributed by atoms with Gasteiger partial charge < -0.3 is 10.8 Å². The van der Waals surface area contributed by atoms with Crippen LogP contribution in [-0.2, 0) is 9.59 Å². The van der Waals surface area contributed by atoms with Crippen LogP contribution in [0.3, 0.4) is 0 Å². The summed E-state index contributed by atoms with van der Waals surface area (Å²) in [5, 5.41) is 8.94. The summed E-state index contributed by atoms with van der Waals surface area (Å²) in [5.74, 6) is -3.20. The minimum atomic E-state index is -1.31. The van der Waals surface area contributed by atoms with Crippen LogP contribution in [0.5, 0.6) is 0 Å². The van der Waals surface area contributed by atoms with E-state index in [4.69, 9.17) is 10.8 Å². The van der Waals surface area contributed by atoms with Crippen molar-refractivity contribution in [3.05, 3.63) is 46.9 Å². The second-order valence-electron chi connectivity index (χ2n) is 4.59. The van der Waals surface area contributed by atoms with E-state index in [0.717, 1.165) is 6.20 Å². The predicted molar refractivity (Wildman–Crippen MR) is 72.5 cm³/mol. The number of carbonyl (C=O) groups excluding carboxylic acids is 2. The Morgan fingerprint density at radius 2 is 2.10 bits per heavy atom. The Hall–Kier alpha value is -3.09. The number of nitrogens with two attached hydrogens (primary N) is 1. The molecule has 1 atom stereocenters. The SMILES string of the molecule is NC(=O)c1cnc2c(c1)C=CC1C(=O)C(C(=O)O)=CN=C21. The van der Waals surface area contributed by atoms with Gasteiger partial charge in [-0.3, -0.25) is 19.6 Å². The third-order valence-electron chi connectivity index (χ3n) is 3.32. The lowest BCUT2D eigenvalue weighted by molar-refractivity contribution is -0.134. The number of carboxylic acids is 1. The summed E-state index contributed by atoms with van der Waals surface area (Å²) in [7, 11) is 0. The van der Waals surface area contributed by atoms with Crippen LogP contribution in [0.2, 0.25) is 0 Å². The van der Waals surface area contributed by atoms with Gasteiger partial charge in [-0.15, -0.1) is 0 Å². The fourth-order valence-electron chi connectivity index (χ4n) is 2.27. The molecule has 0 spiro atoms.